The first kappa shape index (κ1) is 27.3. The average Bonchev–Trinajstić information content (AvgIpc) is 3.08. The first-order chi connectivity index (χ1) is 14.1. The number of rotatable bonds is 5. The Balaban J connectivity index is 2.64. The second kappa shape index (κ2) is 7.81. The zero-order chi connectivity index (χ0) is 25.3. The molecular formula is C18H22F12O2. The van der Waals surface area contributed by atoms with Gasteiger partial charge in [-0.25, -0.2) is 0 Å². The van der Waals surface area contributed by atoms with E-state index in [4.69, 9.17) is 0 Å². The first-order valence-corrected chi connectivity index (χ1v) is 9.81. The fourth-order valence-corrected chi connectivity index (χ4v) is 6.19. The third-order valence-electron chi connectivity index (χ3n) is 7.37. The first-order valence-electron chi connectivity index (χ1n) is 9.81. The fraction of sp³-hybridized carbons (Fsp3) is 1.00. The molecule has 0 aliphatic heterocycles. The number of alkyl halides is 12. The van der Waals surface area contributed by atoms with E-state index in [1.807, 2.05) is 0 Å². The molecule has 0 spiro atoms. The predicted molar refractivity (Wildman–Crippen MR) is 84.9 cm³/mol. The van der Waals surface area contributed by atoms with E-state index < -0.39 is 84.3 Å². The minimum atomic E-state index is -6.27. The van der Waals surface area contributed by atoms with Crippen LogP contribution in [0, 0.1) is 35.5 Å². The lowest BCUT2D eigenvalue weighted by Gasteiger charge is -2.42. The molecule has 2 saturated carbocycles. The van der Waals surface area contributed by atoms with Crippen molar-refractivity contribution in [2.75, 3.05) is 0 Å². The van der Waals surface area contributed by atoms with Crippen LogP contribution in [0.25, 0.3) is 0 Å². The highest BCUT2D eigenvalue weighted by Crippen LogP contribution is 2.69. The lowest BCUT2D eigenvalue weighted by Crippen LogP contribution is -2.63. The maximum absolute atomic E-state index is 13.6. The maximum atomic E-state index is 13.6. The van der Waals surface area contributed by atoms with Crippen molar-refractivity contribution in [2.24, 2.45) is 35.5 Å². The van der Waals surface area contributed by atoms with Crippen LogP contribution in [0.4, 0.5) is 52.7 Å². The van der Waals surface area contributed by atoms with Crippen molar-refractivity contribution in [1.82, 2.24) is 0 Å². The van der Waals surface area contributed by atoms with Gasteiger partial charge in [-0.3, -0.25) is 0 Å². The van der Waals surface area contributed by atoms with Gasteiger partial charge in [0.05, 0.1) is 0 Å². The SMILES string of the molecule is CCC1C(CC)C2C(CC(O)(C(F)(F)F)C(F)(F)F)CC1C2C(O)(C(F)(F)F)C(F)(F)F. The number of halogens is 12. The topological polar surface area (TPSA) is 40.5 Å². The van der Waals surface area contributed by atoms with Gasteiger partial charge in [-0.1, -0.05) is 26.7 Å². The van der Waals surface area contributed by atoms with E-state index in [9.17, 15) is 62.9 Å². The summed E-state index contributed by atoms with van der Waals surface area (Å²) in [5.41, 5.74) is -10.6. The second-order valence-electron chi connectivity index (χ2n) is 8.73. The van der Waals surface area contributed by atoms with Gasteiger partial charge in [-0.05, 0) is 42.4 Å². The van der Waals surface area contributed by atoms with Crippen molar-refractivity contribution in [3.63, 3.8) is 0 Å². The Bertz CT molecular complexity index is 649. The Kier molecular flexibility index (Phi) is 6.67. The Morgan fingerprint density at radius 1 is 0.656 bits per heavy atom. The Hall–Kier alpha value is -0.920. The van der Waals surface area contributed by atoms with Gasteiger partial charge < -0.3 is 10.2 Å². The molecule has 2 aliphatic rings. The van der Waals surface area contributed by atoms with Crippen LogP contribution in [0.3, 0.4) is 0 Å². The summed E-state index contributed by atoms with van der Waals surface area (Å²) in [5, 5.41) is 19.5. The molecule has 0 aromatic heterocycles. The Morgan fingerprint density at radius 2 is 1.06 bits per heavy atom. The molecule has 0 amide bonds. The van der Waals surface area contributed by atoms with Crippen LogP contribution in [0.2, 0.25) is 0 Å². The maximum Gasteiger partial charge on any atom is 0.426 e. The van der Waals surface area contributed by atoms with Crippen LogP contribution in [-0.4, -0.2) is 46.1 Å². The Morgan fingerprint density at radius 3 is 1.38 bits per heavy atom. The largest absolute Gasteiger partial charge is 0.426 e. The minimum absolute atomic E-state index is 0.0253. The molecule has 14 heteroatoms. The quantitative estimate of drug-likeness (QED) is 0.455. The molecule has 0 radical (unpaired) electrons. The monoisotopic (exact) mass is 498 g/mol. The van der Waals surface area contributed by atoms with E-state index in [2.05, 4.69) is 0 Å². The number of aliphatic hydroxyl groups is 2. The molecule has 2 bridgehead atoms. The number of fused-ring (bicyclic) bond motifs is 2. The molecule has 2 rings (SSSR count). The van der Waals surface area contributed by atoms with Gasteiger partial charge in [0.2, 0.25) is 0 Å². The average molecular weight is 498 g/mol. The highest BCUT2D eigenvalue weighted by molar-refractivity contribution is 5.16. The summed E-state index contributed by atoms with van der Waals surface area (Å²) in [7, 11) is 0. The van der Waals surface area contributed by atoms with E-state index in [0.717, 1.165) is 0 Å². The van der Waals surface area contributed by atoms with E-state index >= 15 is 0 Å². The lowest BCUT2D eigenvalue weighted by atomic mass is 9.68. The van der Waals surface area contributed by atoms with Gasteiger partial charge in [0.1, 0.15) is 0 Å². The molecule has 0 aromatic rings. The van der Waals surface area contributed by atoms with E-state index in [1.165, 1.54) is 13.8 Å². The standard InChI is InChI=1S/C18H22F12O2/c1-3-8-9(4-2)11-7(6-13(31,15(19,20)21)16(22,23)24)5-10(8)12(11)14(32,17(25,26)27)18(28,29)30/h7-12,31-32H,3-6H2,1-2H3. The van der Waals surface area contributed by atoms with E-state index in [0.29, 0.717) is 0 Å². The van der Waals surface area contributed by atoms with E-state index in [-0.39, 0.29) is 12.8 Å². The zero-order valence-corrected chi connectivity index (χ0v) is 16.7. The van der Waals surface area contributed by atoms with Crippen LogP contribution >= 0.6 is 0 Å². The molecule has 0 saturated heterocycles. The Labute approximate surface area is 175 Å². The number of hydrogen-bond acceptors (Lipinski definition) is 2. The summed E-state index contributed by atoms with van der Waals surface area (Å²) < 4.78 is 160. The van der Waals surface area contributed by atoms with Crippen LogP contribution < -0.4 is 0 Å². The molecule has 2 nitrogen and oxygen atoms in total. The molecular weight excluding hydrogens is 476 g/mol. The molecule has 6 unspecified atom stereocenters. The van der Waals surface area contributed by atoms with Crippen LogP contribution in [0.1, 0.15) is 39.5 Å². The summed E-state index contributed by atoms with van der Waals surface area (Å²) in [4.78, 5) is 0. The third-order valence-corrected chi connectivity index (χ3v) is 7.37. The van der Waals surface area contributed by atoms with Gasteiger partial charge in [0.25, 0.3) is 11.2 Å². The van der Waals surface area contributed by atoms with E-state index in [1.54, 1.807) is 0 Å². The molecule has 2 aliphatic carbocycles. The molecule has 32 heavy (non-hydrogen) atoms. The predicted octanol–water partition coefficient (Wildman–Crippen LogP) is 6.02. The zero-order valence-electron chi connectivity index (χ0n) is 16.7. The van der Waals surface area contributed by atoms with Gasteiger partial charge in [0, 0.05) is 5.92 Å². The van der Waals surface area contributed by atoms with Gasteiger partial charge in [0.15, 0.2) is 0 Å². The van der Waals surface area contributed by atoms with Gasteiger partial charge >= 0.3 is 24.7 Å². The van der Waals surface area contributed by atoms with Crippen molar-refractivity contribution in [3.8, 4) is 0 Å². The van der Waals surface area contributed by atoms with Crippen LogP contribution in [0.15, 0.2) is 0 Å². The minimum Gasteiger partial charge on any atom is -0.374 e. The molecule has 2 N–H and O–H groups in total. The summed E-state index contributed by atoms with van der Waals surface area (Å²) in [5.74, 6) is -10.2. The molecule has 190 valence electrons. The van der Waals surface area contributed by atoms with Crippen molar-refractivity contribution < 1.29 is 62.9 Å². The van der Waals surface area contributed by atoms with Gasteiger partial charge in [-0.15, -0.1) is 0 Å². The molecule has 2 fully saturated rings. The highest BCUT2D eigenvalue weighted by atomic mass is 19.4. The van der Waals surface area contributed by atoms with Crippen molar-refractivity contribution in [2.45, 2.75) is 75.4 Å². The molecule has 0 aromatic carbocycles. The highest BCUT2D eigenvalue weighted by Gasteiger charge is 2.81. The van der Waals surface area contributed by atoms with Crippen molar-refractivity contribution in [1.29, 1.82) is 0 Å². The second-order valence-corrected chi connectivity index (χ2v) is 8.73. The lowest BCUT2D eigenvalue weighted by molar-refractivity contribution is -0.391. The summed E-state index contributed by atoms with van der Waals surface area (Å²) >= 11 is 0. The van der Waals surface area contributed by atoms with Crippen molar-refractivity contribution in [3.05, 3.63) is 0 Å². The smallest absolute Gasteiger partial charge is 0.374 e. The summed E-state index contributed by atoms with van der Waals surface area (Å²) in [6.45, 7) is 2.78. The van der Waals surface area contributed by atoms with Crippen LogP contribution in [-0.2, 0) is 0 Å². The van der Waals surface area contributed by atoms with Gasteiger partial charge in [-0.2, -0.15) is 52.7 Å². The normalized spacial score (nSPS) is 32.6. The molecule has 0 heterocycles. The van der Waals surface area contributed by atoms with Crippen LogP contribution in [0.5, 0.6) is 0 Å². The number of hydrogen-bond donors (Lipinski definition) is 2. The summed E-state index contributed by atoms with van der Waals surface area (Å²) in [6.07, 6.45) is -28.1. The summed E-state index contributed by atoms with van der Waals surface area (Å²) in [6, 6.07) is 0. The fourth-order valence-electron chi connectivity index (χ4n) is 6.19. The molecule has 6 atom stereocenters. The third kappa shape index (κ3) is 3.76. The van der Waals surface area contributed by atoms with Crippen molar-refractivity contribution >= 4 is 0 Å².